The molecule has 0 saturated carbocycles. The molecular weight excluding hydrogens is 292 g/mol. The summed E-state index contributed by atoms with van der Waals surface area (Å²) < 4.78 is 0. The molecule has 6 heteroatoms. The molecule has 1 fully saturated rings. The first-order valence-corrected chi connectivity index (χ1v) is 8.38. The molecular formula is C17H28N4O2. The van der Waals surface area contributed by atoms with Crippen molar-refractivity contribution in [3.05, 3.63) is 23.9 Å². The molecule has 0 aromatic carbocycles. The third-order valence-electron chi connectivity index (χ3n) is 4.34. The number of anilines is 1. The minimum Gasteiger partial charge on any atom is -0.395 e. The molecule has 0 aliphatic carbocycles. The van der Waals surface area contributed by atoms with Crippen LogP contribution in [0.25, 0.3) is 0 Å². The number of hydrogen-bond donors (Lipinski definition) is 2. The van der Waals surface area contributed by atoms with Crippen LogP contribution in [0.15, 0.2) is 18.3 Å². The Morgan fingerprint density at radius 3 is 2.91 bits per heavy atom. The number of unbranched alkanes of at least 4 members (excludes halogenated alkanes) is 1. The van der Waals surface area contributed by atoms with Crippen molar-refractivity contribution in [3.63, 3.8) is 0 Å². The quantitative estimate of drug-likeness (QED) is 0.703. The summed E-state index contributed by atoms with van der Waals surface area (Å²) in [6, 6.07) is 3.98. The van der Waals surface area contributed by atoms with Crippen LogP contribution in [-0.2, 0) is 0 Å². The van der Waals surface area contributed by atoms with E-state index in [1.165, 1.54) is 6.42 Å². The van der Waals surface area contributed by atoms with Gasteiger partial charge in [-0.3, -0.25) is 9.69 Å². The van der Waals surface area contributed by atoms with Crippen molar-refractivity contribution in [2.75, 3.05) is 45.2 Å². The molecule has 2 rings (SSSR count). The van der Waals surface area contributed by atoms with E-state index >= 15 is 0 Å². The summed E-state index contributed by atoms with van der Waals surface area (Å²) in [7, 11) is 3.84. The lowest BCUT2D eigenvalue weighted by molar-refractivity contribution is 0.0952. The molecule has 1 saturated heterocycles. The maximum atomic E-state index is 12.0. The van der Waals surface area contributed by atoms with Crippen molar-refractivity contribution in [1.29, 1.82) is 0 Å². The summed E-state index contributed by atoms with van der Waals surface area (Å²) in [6.07, 6.45) is 5.88. The standard InChI is InChI=1S/C17H28N4O2/c1-20(2)16-8-7-14(12-19-16)17(23)18-9-3-4-10-21-11-5-6-15(21)13-22/h7-8,12,15,22H,3-6,9-11,13H2,1-2H3,(H,18,23). The molecule has 2 N–H and O–H groups in total. The highest BCUT2D eigenvalue weighted by atomic mass is 16.3. The van der Waals surface area contributed by atoms with Crippen molar-refractivity contribution in [1.82, 2.24) is 15.2 Å². The lowest BCUT2D eigenvalue weighted by Crippen LogP contribution is -2.33. The Morgan fingerprint density at radius 1 is 1.43 bits per heavy atom. The van der Waals surface area contributed by atoms with E-state index in [1.807, 2.05) is 25.1 Å². The van der Waals surface area contributed by atoms with Crippen molar-refractivity contribution in [3.8, 4) is 0 Å². The number of aliphatic hydroxyl groups excluding tert-OH is 1. The normalized spacial score (nSPS) is 18.1. The first-order valence-electron chi connectivity index (χ1n) is 8.38. The van der Waals surface area contributed by atoms with Crippen molar-refractivity contribution in [2.45, 2.75) is 31.7 Å². The van der Waals surface area contributed by atoms with Crippen LogP contribution in [0, 0.1) is 0 Å². The second-order valence-corrected chi connectivity index (χ2v) is 6.28. The molecule has 1 atom stereocenters. The summed E-state index contributed by atoms with van der Waals surface area (Å²) in [5, 5.41) is 12.2. The summed E-state index contributed by atoms with van der Waals surface area (Å²) in [6.45, 7) is 3.01. The molecule has 1 unspecified atom stereocenters. The Bertz CT molecular complexity index is 490. The number of likely N-dealkylation sites (tertiary alicyclic amines) is 1. The van der Waals surface area contributed by atoms with Gasteiger partial charge in [-0.25, -0.2) is 4.98 Å². The van der Waals surface area contributed by atoms with Crippen molar-refractivity contribution >= 4 is 11.7 Å². The fraction of sp³-hybridized carbons (Fsp3) is 0.647. The predicted molar refractivity (Wildman–Crippen MR) is 91.8 cm³/mol. The third-order valence-corrected chi connectivity index (χ3v) is 4.34. The zero-order valence-corrected chi connectivity index (χ0v) is 14.2. The van der Waals surface area contributed by atoms with E-state index in [1.54, 1.807) is 12.3 Å². The molecule has 0 spiro atoms. The summed E-state index contributed by atoms with van der Waals surface area (Å²) in [5.41, 5.74) is 0.593. The number of aromatic nitrogens is 1. The van der Waals surface area contributed by atoms with Gasteiger partial charge in [-0.1, -0.05) is 0 Å². The van der Waals surface area contributed by atoms with E-state index in [4.69, 9.17) is 0 Å². The van der Waals surface area contributed by atoms with Gasteiger partial charge in [-0.15, -0.1) is 0 Å². The van der Waals surface area contributed by atoms with E-state index in [0.717, 1.165) is 38.2 Å². The number of hydrogen-bond acceptors (Lipinski definition) is 5. The second-order valence-electron chi connectivity index (χ2n) is 6.28. The number of nitrogens with zero attached hydrogens (tertiary/aromatic N) is 3. The monoisotopic (exact) mass is 320 g/mol. The van der Waals surface area contributed by atoms with Gasteiger partial charge in [0.05, 0.1) is 12.2 Å². The first-order chi connectivity index (χ1) is 11.1. The van der Waals surface area contributed by atoms with E-state index < -0.39 is 0 Å². The number of nitrogens with one attached hydrogen (secondary N) is 1. The number of pyridine rings is 1. The van der Waals surface area contributed by atoms with Crippen LogP contribution in [0.2, 0.25) is 0 Å². The van der Waals surface area contributed by atoms with E-state index in [0.29, 0.717) is 18.2 Å². The molecule has 0 bridgehead atoms. The van der Waals surface area contributed by atoms with Gasteiger partial charge >= 0.3 is 0 Å². The maximum absolute atomic E-state index is 12.0. The number of amides is 1. The van der Waals surface area contributed by atoms with E-state index in [2.05, 4.69) is 15.2 Å². The molecule has 1 amide bonds. The van der Waals surface area contributed by atoms with Crippen molar-refractivity contribution < 1.29 is 9.90 Å². The number of carbonyl (C=O) groups excluding carboxylic acids is 1. The molecule has 0 radical (unpaired) electrons. The smallest absolute Gasteiger partial charge is 0.252 e. The lowest BCUT2D eigenvalue weighted by Gasteiger charge is -2.22. The van der Waals surface area contributed by atoms with Crippen LogP contribution in [0.5, 0.6) is 0 Å². The summed E-state index contributed by atoms with van der Waals surface area (Å²) >= 11 is 0. The molecule has 128 valence electrons. The molecule has 1 aliphatic heterocycles. The van der Waals surface area contributed by atoms with Gasteiger partial charge in [-0.05, 0) is 50.9 Å². The number of rotatable bonds is 8. The average Bonchev–Trinajstić information content (AvgIpc) is 3.02. The van der Waals surface area contributed by atoms with Gasteiger partial charge < -0.3 is 15.3 Å². The fourth-order valence-electron chi connectivity index (χ4n) is 2.93. The third kappa shape index (κ3) is 5.18. The highest BCUT2D eigenvalue weighted by Gasteiger charge is 2.22. The second kappa shape index (κ2) is 8.84. The minimum absolute atomic E-state index is 0.0720. The topological polar surface area (TPSA) is 68.7 Å². The fourth-order valence-corrected chi connectivity index (χ4v) is 2.93. The van der Waals surface area contributed by atoms with Gasteiger partial charge in [0.1, 0.15) is 5.82 Å². The highest BCUT2D eigenvalue weighted by molar-refractivity contribution is 5.94. The van der Waals surface area contributed by atoms with Crippen LogP contribution < -0.4 is 10.2 Å². The minimum atomic E-state index is -0.0720. The van der Waals surface area contributed by atoms with Crippen LogP contribution in [0.4, 0.5) is 5.82 Å². The van der Waals surface area contributed by atoms with E-state index in [9.17, 15) is 9.90 Å². The molecule has 23 heavy (non-hydrogen) atoms. The van der Waals surface area contributed by atoms with Crippen molar-refractivity contribution in [2.24, 2.45) is 0 Å². The van der Waals surface area contributed by atoms with Crippen LogP contribution in [-0.4, -0.2) is 67.3 Å². The molecule has 1 aromatic heterocycles. The summed E-state index contributed by atoms with van der Waals surface area (Å²) in [5.74, 6) is 0.766. The highest BCUT2D eigenvalue weighted by Crippen LogP contribution is 2.16. The average molecular weight is 320 g/mol. The Morgan fingerprint density at radius 2 is 2.26 bits per heavy atom. The molecule has 2 heterocycles. The zero-order valence-electron chi connectivity index (χ0n) is 14.2. The molecule has 1 aromatic rings. The number of carbonyl (C=O) groups is 1. The number of aliphatic hydroxyl groups is 1. The SMILES string of the molecule is CN(C)c1ccc(C(=O)NCCCCN2CCCC2CO)cn1. The summed E-state index contributed by atoms with van der Waals surface area (Å²) in [4.78, 5) is 20.5. The molecule has 6 nitrogen and oxygen atoms in total. The van der Waals surface area contributed by atoms with Gasteiger partial charge in [0, 0.05) is 32.9 Å². The Hall–Kier alpha value is -1.66. The molecule has 1 aliphatic rings. The van der Waals surface area contributed by atoms with Crippen LogP contribution in [0.3, 0.4) is 0 Å². The predicted octanol–water partition coefficient (Wildman–Crippen LogP) is 1.11. The van der Waals surface area contributed by atoms with Gasteiger partial charge in [0.15, 0.2) is 0 Å². The zero-order chi connectivity index (χ0) is 16.7. The van der Waals surface area contributed by atoms with Crippen LogP contribution in [0.1, 0.15) is 36.0 Å². The Balaban J connectivity index is 1.64. The van der Waals surface area contributed by atoms with Crippen LogP contribution >= 0.6 is 0 Å². The van der Waals surface area contributed by atoms with Gasteiger partial charge in [0.25, 0.3) is 5.91 Å². The van der Waals surface area contributed by atoms with E-state index in [-0.39, 0.29) is 12.5 Å². The maximum Gasteiger partial charge on any atom is 0.252 e. The van der Waals surface area contributed by atoms with Gasteiger partial charge in [-0.2, -0.15) is 0 Å². The first kappa shape index (κ1) is 17.7. The lowest BCUT2D eigenvalue weighted by atomic mass is 10.2. The largest absolute Gasteiger partial charge is 0.395 e. The van der Waals surface area contributed by atoms with Gasteiger partial charge in [0.2, 0.25) is 0 Å². The Kier molecular flexibility index (Phi) is 6.80. The Labute approximate surface area is 138 Å².